The fourth-order valence-electron chi connectivity index (χ4n) is 2.26. The van der Waals surface area contributed by atoms with E-state index in [-0.39, 0.29) is 23.3 Å². The summed E-state index contributed by atoms with van der Waals surface area (Å²) >= 11 is 5.64. The van der Waals surface area contributed by atoms with E-state index < -0.39 is 5.82 Å². The van der Waals surface area contributed by atoms with Crippen LogP contribution in [0.1, 0.15) is 32.1 Å². The number of hydrogen-bond acceptors (Lipinski definition) is 2. The molecule has 4 heteroatoms. The minimum Gasteiger partial charge on any atom is -0.486 e. The normalized spacial score (nSPS) is 16.6. The molecule has 1 aromatic carbocycles. The monoisotopic (exact) mass is 270 g/mol. The second-order valence-electron chi connectivity index (χ2n) is 4.67. The lowest BCUT2D eigenvalue weighted by Crippen LogP contribution is -2.23. The topological polar surface area (TPSA) is 26.3 Å². The molecule has 0 bridgehead atoms. The Labute approximate surface area is 111 Å². The zero-order chi connectivity index (χ0) is 13.0. The summed E-state index contributed by atoms with van der Waals surface area (Å²) in [5.74, 6) is 0.220. The van der Waals surface area contributed by atoms with Crippen molar-refractivity contribution < 1.29 is 13.9 Å². The van der Waals surface area contributed by atoms with Crippen LogP contribution in [0.4, 0.5) is 4.39 Å². The molecule has 0 aromatic heterocycles. The van der Waals surface area contributed by atoms with Crippen molar-refractivity contribution in [1.82, 2.24) is 0 Å². The summed E-state index contributed by atoms with van der Waals surface area (Å²) in [7, 11) is 0. The molecule has 0 heterocycles. The Balaban J connectivity index is 1.86. The van der Waals surface area contributed by atoms with Crippen LogP contribution in [0.2, 0.25) is 5.02 Å². The first kappa shape index (κ1) is 13.3. The average molecular weight is 271 g/mol. The molecule has 1 saturated carbocycles. The van der Waals surface area contributed by atoms with Crippen LogP contribution in [0.5, 0.6) is 5.75 Å². The molecule has 2 rings (SSSR count). The lowest BCUT2D eigenvalue weighted by molar-refractivity contribution is -0.125. The van der Waals surface area contributed by atoms with Crippen molar-refractivity contribution in [3.63, 3.8) is 0 Å². The van der Waals surface area contributed by atoms with Gasteiger partial charge in [0, 0.05) is 12.0 Å². The van der Waals surface area contributed by atoms with Crippen molar-refractivity contribution in [3.8, 4) is 5.75 Å². The molecule has 0 unspecified atom stereocenters. The van der Waals surface area contributed by atoms with Crippen molar-refractivity contribution in [2.45, 2.75) is 32.1 Å². The van der Waals surface area contributed by atoms with E-state index in [1.165, 1.54) is 24.6 Å². The molecule has 0 spiro atoms. The Morgan fingerprint density at radius 2 is 2.06 bits per heavy atom. The first-order chi connectivity index (χ1) is 8.66. The zero-order valence-corrected chi connectivity index (χ0v) is 10.9. The van der Waals surface area contributed by atoms with Crippen LogP contribution < -0.4 is 4.74 Å². The molecule has 0 N–H and O–H groups in total. The Kier molecular flexibility index (Phi) is 4.59. The fourth-order valence-corrected chi connectivity index (χ4v) is 2.43. The largest absolute Gasteiger partial charge is 0.486 e. The Bertz CT molecular complexity index is 428. The molecule has 1 aliphatic rings. The summed E-state index contributed by atoms with van der Waals surface area (Å²) < 4.78 is 18.3. The van der Waals surface area contributed by atoms with E-state index in [9.17, 15) is 9.18 Å². The molecular weight excluding hydrogens is 255 g/mol. The van der Waals surface area contributed by atoms with Crippen LogP contribution in [0.25, 0.3) is 0 Å². The van der Waals surface area contributed by atoms with Crippen LogP contribution in [-0.2, 0) is 4.79 Å². The van der Waals surface area contributed by atoms with E-state index in [0.29, 0.717) is 5.75 Å². The van der Waals surface area contributed by atoms with Crippen molar-refractivity contribution in [1.29, 1.82) is 0 Å². The summed E-state index contributed by atoms with van der Waals surface area (Å²) in [6, 6.07) is 4.11. The van der Waals surface area contributed by atoms with Gasteiger partial charge >= 0.3 is 0 Å². The van der Waals surface area contributed by atoms with Crippen LogP contribution in [0.15, 0.2) is 18.2 Å². The predicted octanol–water partition coefficient (Wildman–Crippen LogP) is 4.01. The Hall–Kier alpha value is -1.09. The van der Waals surface area contributed by atoms with Gasteiger partial charge in [-0.05, 0) is 25.0 Å². The van der Waals surface area contributed by atoms with E-state index in [4.69, 9.17) is 16.3 Å². The maximum Gasteiger partial charge on any atom is 0.173 e. The standard InChI is InChI=1S/C14H16ClFO2/c15-12-8-11(6-7-13(12)16)18-9-14(17)10-4-2-1-3-5-10/h6-8,10H,1-5,9H2. The molecule has 98 valence electrons. The number of benzene rings is 1. The third-order valence-electron chi connectivity index (χ3n) is 3.33. The fraction of sp³-hybridized carbons (Fsp3) is 0.500. The highest BCUT2D eigenvalue weighted by atomic mass is 35.5. The van der Waals surface area contributed by atoms with Crippen molar-refractivity contribution >= 4 is 17.4 Å². The number of hydrogen-bond donors (Lipinski definition) is 0. The van der Waals surface area contributed by atoms with E-state index >= 15 is 0 Å². The number of halogens is 2. The molecule has 2 nitrogen and oxygen atoms in total. The smallest absolute Gasteiger partial charge is 0.173 e. The number of carbonyl (C=O) groups excluding carboxylic acids is 1. The highest BCUT2D eigenvalue weighted by Gasteiger charge is 2.21. The van der Waals surface area contributed by atoms with Gasteiger partial charge in [0.2, 0.25) is 0 Å². The number of rotatable bonds is 4. The molecule has 0 atom stereocenters. The predicted molar refractivity (Wildman–Crippen MR) is 68.5 cm³/mol. The third-order valence-corrected chi connectivity index (χ3v) is 3.62. The number of ketones is 1. The van der Waals surface area contributed by atoms with Gasteiger partial charge in [-0.1, -0.05) is 30.9 Å². The van der Waals surface area contributed by atoms with Gasteiger partial charge in [0.25, 0.3) is 0 Å². The summed E-state index contributed by atoms with van der Waals surface area (Å²) in [5, 5.41) is 0.0117. The van der Waals surface area contributed by atoms with Gasteiger partial charge in [0.15, 0.2) is 5.78 Å². The second-order valence-corrected chi connectivity index (χ2v) is 5.07. The maximum absolute atomic E-state index is 12.9. The van der Waals surface area contributed by atoms with Gasteiger partial charge in [-0.15, -0.1) is 0 Å². The first-order valence-electron chi connectivity index (χ1n) is 6.27. The van der Waals surface area contributed by atoms with Gasteiger partial charge < -0.3 is 4.74 Å². The Morgan fingerprint density at radius 1 is 1.33 bits per heavy atom. The number of Topliss-reactive ketones (excluding diaryl/α,β-unsaturated/α-hetero) is 1. The lowest BCUT2D eigenvalue weighted by atomic mass is 9.86. The number of carbonyl (C=O) groups is 1. The van der Waals surface area contributed by atoms with Gasteiger partial charge in [-0.2, -0.15) is 0 Å². The molecule has 0 aliphatic heterocycles. The van der Waals surface area contributed by atoms with E-state index in [1.807, 2.05) is 0 Å². The molecule has 18 heavy (non-hydrogen) atoms. The molecule has 1 aliphatic carbocycles. The highest BCUT2D eigenvalue weighted by Crippen LogP contribution is 2.25. The molecule has 0 radical (unpaired) electrons. The van der Waals surface area contributed by atoms with E-state index in [0.717, 1.165) is 25.7 Å². The van der Waals surface area contributed by atoms with Crippen LogP contribution in [0.3, 0.4) is 0 Å². The van der Waals surface area contributed by atoms with Gasteiger partial charge in [-0.3, -0.25) is 4.79 Å². The molecule has 1 aromatic rings. The maximum atomic E-state index is 12.9. The lowest BCUT2D eigenvalue weighted by Gasteiger charge is -2.20. The quantitative estimate of drug-likeness (QED) is 0.826. The Morgan fingerprint density at radius 3 is 2.72 bits per heavy atom. The van der Waals surface area contributed by atoms with E-state index in [2.05, 4.69) is 0 Å². The van der Waals surface area contributed by atoms with Crippen LogP contribution in [0, 0.1) is 11.7 Å². The third kappa shape index (κ3) is 3.45. The summed E-state index contributed by atoms with van der Waals surface area (Å²) in [6.45, 7) is 0.0482. The second kappa shape index (κ2) is 6.19. The summed E-state index contributed by atoms with van der Waals surface area (Å²) in [4.78, 5) is 11.9. The molecule has 0 amide bonds. The number of ether oxygens (including phenoxy) is 1. The van der Waals surface area contributed by atoms with Crippen molar-refractivity contribution in [3.05, 3.63) is 29.0 Å². The van der Waals surface area contributed by atoms with E-state index in [1.54, 1.807) is 0 Å². The van der Waals surface area contributed by atoms with Crippen LogP contribution >= 0.6 is 11.6 Å². The first-order valence-corrected chi connectivity index (χ1v) is 6.65. The highest BCUT2D eigenvalue weighted by molar-refractivity contribution is 6.30. The van der Waals surface area contributed by atoms with Crippen LogP contribution in [-0.4, -0.2) is 12.4 Å². The van der Waals surface area contributed by atoms with Crippen molar-refractivity contribution in [2.75, 3.05) is 6.61 Å². The summed E-state index contributed by atoms with van der Waals surface area (Å²) in [6.07, 6.45) is 5.40. The summed E-state index contributed by atoms with van der Waals surface area (Å²) in [5.41, 5.74) is 0. The van der Waals surface area contributed by atoms with Gasteiger partial charge in [0.05, 0.1) is 5.02 Å². The molecule has 0 saturated heterocycles. The van der Waals surface area contributed by atoms with Gasteiger partial charge in [-0.25, -0.2) is 4.39 Å². The minimum absolute atomic E-state index is 0.0117. The SMILES string of the molecule is O=C(COc1ccc(F)c(Cl)c1)C1CCCCC1. The minimum atomic E-state index is -0.484. The average Bonchev–Trinajstić information content (AvgIpc) is 2.41. The molecule has 1 fully saturated rings. The van der Waals surface area contributed by atoms with Crippen molar-refractivity contribution in [2.24, 2.45) is 5.92 Å². The molecular formula is C14H16ClFO2. The zero-order valence-electron chi connectivity index (χ0n) is 10.1. The van der Waals surface area contributed by atoms with Gasteiger partial charge in [0.1, 0.15) is 18.2 Å².